The molecule has 1 aliphatic rings. The summed E-state index contributed by atoms with van der Waals surface area (Å²) in [4.78, 5) is 2.36. The maximum absolute atomic E-state index is 6.54. The predicted octanol–water partition coefficient (Wildman–Crippen LogP) is 1.74. The van der Waals surface area contributed by atoms with Gasteiger partial charge in [0.15, 0.2) is 0 Å². The van der Waals surface area contributed by atoms with E-state index >= 15 is 0 Å². The van der Waals surface area contributed by atoms with Crippen molar-refractivity contribution in [3.63, 3.8) is 0 Å². The van der Waals surface area contributed by atoms with Gasteiger partial charge in [-0.15, -0.1) is 0 Å². The van der Waals surface area contributed by atoms with Gasteiger partial charge < -0.3 is 11.1 Å². The van der Waals surface area contributed by atoms with Gasteiger partial charge in [0, 0.05) is 31.7 Å². The summed E-state index contributed by atoms with van der Waals surface area (Å²) in [6.45, 7) is 3.07. The minimum atomic E-state index is 0.0453. The van der Waals surface area contributed by atoms with Gasteiger partial charge in [-0.05, 0) is 23.4 Å². The number of benzene rings is 2. The molecule has 0 aromatic heterocycles. The Bertz CT molecular complexity index is 561. The Hall–Kier alpha value is -1.42. The Labute approximate surface area is 114 Å². The Morgan fingerprint density at radius 2 is 2.00 bits per heavy atom. The molecular formula is C16H21N3. The van der Waals surface area contributed by atoms with E-state index in [1.807, 2.05) is 0 Å². The average molecular weight is 255 g/mol. The highest BCUT2D eigenvalue weighted by molar-refractivity contribution is 5.86. The number of rotatable bonds is 2. The summed E-state index contributed by atoms with van der Waals surface area (Å²) >= 11 is 0. The van der Waals surface area contributed by atoms with Crippen molar-refractivity contribution < 1.29 is 0 Å². The molecule has 100 valence electrons. The lowest BCUT2D eigenvalue weighted by Crippen LogP contribution is -2.53. The van der Waals surface area contributed by atoms with E-state index in [4.69, 9.17) is 5.73 Å². The monoisotopic (exact) mass is 255 g/mol. The van der Waals surface area contributed by atoms with Gasteiger partial charge in [-0.25, -0.2) is 0 Å². The van der Waals surface area contributed by atoms with Crippen LogP contribution in [0.4, 0.5) is 0 Å². The van der Waals surface area contributed by atoms with E-state index in [1.54, 1.807) is 0 Å². The Kier molecular flexibility index (Phi) is 3.51. The predicted molar refractivity (Wildman–Crippen MR) is 80.2 cm³/mol. The molecule has 0 aliphatic carbocycles. The van der Waals surface area contributed by atoms with E-state index in [0.717, 1.165) is 19.6 Å². The summed E-state index contributed by atoms with van der Waals surface area (Å²) < 4.78 is 0. The first kappa shape index (κ1) is 12.6. The van der Waals surface area contributed by atoms with Gasteiger partial charge in [0.2, 0.25) is 0 Å². The highest BCUT2D eigenvalue weighted by atomic mass is 15.2. The minimum Gasteiger partial charge on any atom is -0.323 e. The van der Waals surface area contributed by atoms with Crippen molar-refractivity contribution in [2.24, 2.45) is 5.73 Å². The highest BCUT2D eigenvalue weighted by Crippen LogP contribution is 2.26. The first-order valence-electron chi connectivity index (χ1n) is 6.91. The fraction of sp³-hybridized carbons (Fsp3) is 0.375. The molecule has 3 heteroatoms. The number of likely N-dealkylation sites (N-methyl/N-ethyl adjacent to an activating group) is 1. The van der Waals surface area contributed by atoms with Gasteiger partial charge in [-0.3, -0.25) is 4.90 Å². The first-order chi connectivity index (χ1) is 9.27. The third-order valence-corrected chi connectivity index (χ3v) is 4.16. The van der Waals surface area contributed by atoms with Crippen molar-refractivity contribution in [3.8, 4) is 0 Å². The zero-order chi connectivity index (χ0) is 13.2. The molecule has 2 atom stereocenters. The molecule has 0 bridgehead atoms. The molecule has 0 radical (unpaired) electrons. The van der Waals surface area contributed by atoms with Crippen LogP contribution in [0.1, 0.15) is 11.6 Å². The number of hydrogen-bond donors (Lipinski definition) is 2. The van der Waals surface area contributed by atoms with Gasteiger partial charge >= 0.3 is 0 Å². The highest BCUT2D eigenvalue weighted by Gasteiger charge is 2.26. The van der Waals surface area contributed by atoms with Crippen molar-refractivity contribution in [2.75, 3.05) is 26.7 Å². The van der Waals surface area contributed by atoms with Crippen LogP contribution in [0.5, 0.6) is 0 Å². The number of nitrogens with one attached hydrogen (secondary N) is 1. The molecule has 2 aromatic rings. The number of fused-ring (bicyclic) bond motifs is 1. The fourth-order valence-electron chi connectivity index (χ4n) is 2.98. The minimum absolute atomic E-state index is 0.0453. The lowest BCUT2D eigenvalue weighted by atomic mass is 9.93. The average Bonchev–Trinajstić information content (AvgIpc) is 2.46. The lowest BCUT2D eigenvalue weighted by Gasteiger charge is -2.37. The van der Waals surface area contributed by atoms with E-state index in [2.05, 4.69) is 59.7 Å². The van der Waals surface area contributed by atoms with Crippen LogP contribution in [0, 0.1) is 0 Å². The Balaban J connectivity index is 1.99. The molecular weight excluding hydrogens is 234 g/mol. The topological polar surface area (TPSA) is 41.3 Å². The molecule has 2 unspecified atom stereocenters. The van der Waals surface area contributed by atoms with E-state index in [0.29, 0.717) is 6.04 Å². The summed E-state index contributed by atoms with van der Waals surface area (Å²) in [5.41, 5.74) is 7.79. The second-order valence-electron chi connectivity index (χ2n) is 5.35. The molecule has 19 heavy (non-hydrogen) atoms. The maximum atomic E-state index is 6.54. The second-order valence-corrected chi connectivity index (χ2v) is 5.35. The van der Waals surface area contributed by atoms with Crippen molar-refractivity contribution in [3.05, 3.63) is 48.0 Å². The van der Waals surface area contributed by atoms with Gasteiger partial charge in [-0.2, -0.15) is 0 Å². The normalized spacial score (nSPS) is 22.5. The number of nitrogens with two attached hydrogens (primary N) is 1. The number of piperazine rings is 1. The van der Waals surface area contributed by atoms with Gasteiger partial charge in [-0.1, -0.05) is 42.5 Å². The summed E-state index contributed by atoms with van der Waals surface area (Å²) in [5.74, 6) is 0. The summed E-state index contributed by atoms with van der Waals surface area (Å²) in [7, 11) is 2.16. The molecule has 1 aliphatic heterocycles. The maximum Gasteiger partial charge on any atom is 0.0471 e. The summed E-state index contributed by atoms with van der Waals surface area (Å²) in [6.07, 6.45) is 0. The second kappa shape index (κ2) is 5.29. The van der Waals surface area contributed by atoms with Crippen LogP contribution in [-0.4, -0.2) is 37.6 Å². The summed E-state index contributed by atoms with van der Waals surface area (Å²) in [6, 6.07) is 15.3. The van der Waals surface area contributed by atoms with E-state index in [1.165, 1.54) is 16.3 Å². The fourth-order valence-corrected chi connectivity index (χ4v) is 2.98. The third-order valence-electron chi connectivity index (χ3n) is 4.16. The standard InChI is InChI=1S/C16H21N3/c1-19-10-9-18-11-15(19)16(17)14-8-4-6-12-5-2-3-7-13(12)14/h2-8,15-16,18H,9-11,17H2,1H3. The molecule has 0 amide bonds. The molecule has 1 heterocycles. The molecule has 1 fully saturated rings. The first-order valence-corrected chi connectivity index (χ1v) is 6.91. The molecule has 0 spiro atoms. The SMILES string of the molecule is CN1CCNCC1C(N)c1cccc2ccccc12. The van der Waals surface area contributed by atoms with E-state index in [9.17, 15) is 0 Å². The Morgan fingerprint density at radius 1 is 1.21 bits per heavy atom. The zero-order valence-corrected chi connectivity index (χ0v) is 11.3. The van der Waals surface area contributed by atoms with Crippen LogP contribution in [0.2, 0.25) is 0 Å². The van der Waals surface area contributed by atoms with Crippen LogP contribution in [-0.2, 0) is 0 Å². The van der Waals surface area contributed by atoms with Crippen LogP contribution in [0.3, 0.4) is 0 Å². The molecule has 1 saturated heterocycles. The summed E-state index contributed by atoms with van der Waals surface area (Å²) in [5, 5.41) is 5.98. The molecule has 2 aromatic carbocycles. The van der Waals surface area contributed by atoms with Crippen molar-refractivity contribution >= 4 is 10.8 Å². The third kappa shape index (κ3) is 2.37. The van der Waals surface area contributed by atoms with Gasteiger partial charge in [0.1, 0.15) is 0 Å². The van der Waals surface area contributed by atoms with Crippen LogP contribution < -0.4 is 11.1 Å². The van der Waals surface area contributed by atoms with Gasteiger partial charge in [0.25, 0.3) is 0 Å². The molecule has 3 N–H and O–H groups in total. The van der Waals surface area contributed by atoms with E-state index in [-0.39, 0.29) is 6.04 Å². The van der Waals surface area contributed by atoms with Crippen LogP contribution in [0.25, 0.3) is 10.8 Å². The molecule has 0 saturated carbocycles. The van der Waals surface area contributed by atoms with Crippen molar-refractivity contribution in [1.82, 2.24) is 10.2 Å². The van der Waals surface area contributed by atoms with Crippen LogP contribution in [0.15, 0.2) is 42.5 Å². The quantitative estimate of drug-likeness (QED) is 0.859. The van der Waals surface area contributed by atoms with Crippen molar-refractivity contribution in [2.45, 2.75) is 12.1 Å². The lowest BCUT2D eigenvalue weighted by molar-refractivity contribution is 0.174. The Morgan fingerprint density at radius 3 is 2.84 bits per heavy atom. The van der Waals surface area contributed by atoms with Crippen LogP contribution >= 0.6 is 0 Å². The molecule has 3 nitrogen and oxygen atoms in total. The molecule has 3 rings (SSSR count). The number of hydrogen-bond acceptors (Lipinski definition) is 3. The zero-order valence-electron chi connectivity index (χ0n) is 11.3. The van der Waals surface area contributed by atoms with E-state index < -0.39 is 0 Å². The van der Waals surface area contributed by atoms with Gasteiger partial charge in [0.05, 0.1) is 0 Å². The van der Waals surface area contributed by atoms with Crippen molar-refractivity contribution in [1.29, 1.82) is 0 Å². The largest absolute Gasteiger partial charge is 0.323 e. The smallest absolute Gasteiger partial charge is 0.0471 e. The number of nitrogens with zero attached hydrogens (tertiary/aromatic N) is 1.